The van der Waals surface area contributed by atoms with Gasteiger partial charge in [0, 0.05) is 4.90 Å². The number of amides is 1. The predicted molar refractivity (Wildman–Crippen MR) is 80.8 cm³/mol. The molecule has 0 aliphatic carbocycles. The maximum atomic E-state index is 12.1. The Kier molecular flexibility index (Phi) is 5.28. The van der Waals surface area contributed by atoms with Crippen LogP contribution < -0.4 is 10.2 Å². The first-order valence-electron chi connectivity index (χ1n) is 6.95. The number of rotatable bonds is 4. The molecule has 2 N–H and O–H groups in total. The molecule has 1 aliphatic rings. The zero-order valence-electron chi connectivity index (χ0n) is 11.7. The molecule has 2 rings (SSSR count). The SMILES string of the molecule is CSc1ccccc1NC(=O)C[NH+]1CCC(C)CC1. The van der Waals surface area contributed by atoms with Crippen LogP contribution in [0.15, 0.2) is 29.2 Å². The molecule has 1 aliphatic heterocycles. The van der Waals surface area contributed by atoms with E-state index in [1.807, 2.05) is 30.5 Å². The Morgan fingerprint density at radius 3 is 2.74 bits per heavy atom. The Morgan fingerprint density at radius 1 is 1.37 bits per heavy atom. The molecule has 0 spiro atoms. The first kappa shape index (κ1) is 14.4. The van der Waals surface area contributed by atoms with Gasteiger partial charge in [-0.05, 0) is 37.1 Å². The number of anilines is 1. The van der Waals surface area contributed by atoms with E-state index in [0.717, 1.165) is 29.6 Å². The number of benzene rings is 1. The van der Waals surface area contributed by atoms with Crippen molar-refractivity contribution in [1.82, 2.24) is 0 Å². The Hall–Kier alpha value is -1.00. The number of quaternary nitrogens is 1. The fourth-order valence-electron chi connectivity index (χ4n) is 2.52. The van der Waals surface area contributed by atoms with Gasteiger partial charge in [0.05, 0.1) is 18.8 Å². The number of thioether (sulfide) groups is 1. The number of nitrogens with one attached hydrogen (secondary N) is 2. The van der Waals surface area contributed by atoms with Gasteiger partial charge in [-0.3, -0.25) is 4.79 Å². The molecule has 104 valence electrons. The van der Waals surface area contributed by atoms with Crippen LogP contribution in [0.25, 0.3) is 0 Å². The highest BCUT2D eigenvalue weighted by Crippen LogP contribution is 2.24. The van der Waals surface area contributed by atoms with Gasteiger partial charge < -0.3 is 10.2 Å². The minimum absolute atomic E-state index is 0.131. The Bertz CT molecular complexity index is 428. The number of piperidine rings is 1. The number of hydrogen-bond acceptors (Lipinski definition) is 2. The normalized spacial score (nSPS) is 23.1. The molecule has 0 atom stereocenters. The van der Waals surface area contributed by atoms with Gasteiger partial charge in [0.25, 0.3) is 5.91 Å². The third-order valence-electron chi connectivity index (χ3n) is 3.77. The molecule has 0 radical (unpaired) electrons. The largest absolute Gasteiger partial charge is 0.327 e. The first-order chi connectivity index (χ1) is 9.19. The topological polar surface area (TPSA) is 33.5 Å². The van der Waals surface area contributed by atoms with Gasteiger partial charge in [0.15, 0.2) is 6.54 Å². The van der Waals surface area contributed by atoms with Crippen molar-refractivity contribution in [1.29, 1.82) is 0 Å². The summed E-state index contributed by atoms with van der Waals surface area (Å²) in [7, 11) is 0. The van der Waals surface area contributed by atoms with Gasteiger partial charge in [0.2, 0.25) is 0 Å². The average molecular weight is 279 g/mol. The molecule has 1 heterocycles. The summed E-state index contributed by atoms with van der Waals surface area (Å²) in [5.41, 5.74) is 0.935. The van der Waals surface area contributed by atoms with Gasteiger partial charge in [-0.2, -0.15) is 0 Å². The molecule has 1 amide bonds. The smallest absolute Gasteiger partial charge is 0.279 e. The molecule has 0 bridgehead atoms. The van der Waals surface area contributed by atoms with E-state index in [1.54, 1.807) is 11.8 Å². The van der Waals surface area contributed by atoms with Crippen molar-refractivity contribution in [3.8, 4) is 0 Å². The summed E-state index contributed by atoms with van der Waals surface area (Å²) >= 11 is 1.66. The van der Waals surface area contributed by atoms with Crippen molar-refractivity contribution in [2.24, 2.45) is 5.92 Å². The number of para-hydroxylation sites is 1. The van der Waals surface area contributed by atoms with Gasteiger partial charge in [-0.15, -0.1) is 11.8 Å². The van der Waals surface area contributed by atoms with Crippen molar-refractivity contribution in [3.63, 3.8) is 0 Å². The summed E-state index contributed by atoms with van der Waals surface area (Å²) in [5, 5.41) is 3.04. The zero-order valence-corrected chi connectivity index (χ0v) is 12.6. The van der Waals surface area contributed by atoms with E-state index >= 15 is 0 Å². The van der Waals surface area contributed by atoms with Crippen LogP contribution in [0, 0.1) is 5.92 Å². The summed E-state index contributed by atoms with van der Waals surface area (Å²) in [6.45, 7) is 5.14. The van der Waals surface area contributed by atoms with Crippen molar-refractivity contribution < 1.29 is 9.69 Å². The van der Waals surface area contributed by atoms with E-state index < -0.39 is 0 Å². The first-order valence-corrected chi connectivity index (χ1v) is 8.18. The quantitative estimate of drug-likeness (QED) is 0.822. The van der Waals surface area contributed by atoms with Crippen LogP contribution >= 0.6 is 11.8 Å². The number of likely N-dealkylation sites (tertiary alicyclic amines) is 1. The predicted octanol–water partition coefficient (Wildman–Crippen LogP) is 1.66. The van der Waals surface area contributed by atoms with E-state index in [-0.39, 0.29) is 5.91 Å². The summed E-state index contributed by atoms with van der Waals surface area (Å²) < 4.78 is 0. The molecule has 19 heavy (non-hydrogen) atoms. The molecule has 1 aromatic rings. The van der Waals surface area contributed by atoms with E-state index in [0.29, 0.717) is 6.54 Å². The van der Waals surface area contributed by atoms with E-state index in [9.17, 15) is 4.79 Å². The second-order valence-corrected chi connectivity index (χ2v) is 6.21. The molecule has 4 heteroatoms. The summed E-state index contributed by atoms with van der Waals surface area (Å²) in [4.78, 5) is 14.6. The number of carbonyl (C=O) groups is 1. The monoisotopic (exact) mass is 279 g/mol. The van der Waals surface area contributed by atoms with E-state index in [4.69, 9.17) is 0 Å². The highest BCUT2D eigenvalue weighted by molar-refractivity contribution is 7.98. The standard InChI is InChI=1S/C15H22N2OS/c1-12-7-9-17(10-8-12)11-15(18)16-13-5-3-4-6-14(13)19-2/h3-6,12H,7-11H2,1-2H3,(H,16,18)/p+1. The van der Waals surface area contributed by atoms with Gasteiger partial charge >= 0.3 is 0 Å². The lowest BCUT2D eigenvalue weighted by atomic mass is 9.99. The van der Waals surface area contributed by atoms with Gasteiger partial charge in [-0.25, -0.2) is 0 Å². The minimum Gasteiger partial charge on any atom is -0.327 e. The zero-order chi connectivity index (χ0) is 13.7. The number of hydrogen-bond donors (Lipinski definition) is 2. The van der Waals surface area contributed by atoms with Crippen LogP contribution in [-0.4, -0.2) is 31.8 Å². The number of carbonyl (C=O) groups excluding carboxylic acids is 1. The molecular weight excluding hydrogens is 256 g/mol. The summed E-state index contributed by atoms with van der Waals surface area (Å²) in [6.07, 6.45) is 4.51. The molecule has 3 nitrogen and oxygen atoms in total. The average Bonchev–Trinajstić information content (AvgIpc) is 2.42. The van der Waals surface area contributed by atoms with E-state index in [1.165, 1.54) is 17.7 Å². The van der Waals surface area contributed by atoms with Crippen LogP contribution in [-0.2, 0) is 4.79 Å². The van der Waals surface area contributed by atoms with Crippen molar-refractivity contribution >= 4 is 23.4 Å². The molecular formula is C15H23N2OS+. The second-order valence-electron chi connectivity index (χ2n) is 5.36. The fraction of sp³-hybridized carbons (Fsp3) is 0.533. The Labute approximate surface area is 119 Å². The van der Waals surface area contributed by atoms with Crippen LogP contribution in [0.2, 0.25) is 0 Å². The highest BCUT2D eigenvalue weighted by Gasteiger charge is 2.21. The Balaban J connectivity index is 1.87. The maximum absolute atomic E-state index is 12.1. The third kappa shape index (κ3) is 4.25. The molecule has 1 saturated heterocycles. The highest BCUT2D eigenvalue weighted by atomic mass is 32.2. The maximum Gasteiger partial charge on any atom is 0.279 e. The van der Waals surface area contributed by atoms with Crippen LogP contribution in [0.3, 0.4) is 0 Å². The van der Waals surface area contributed by atoms with Crippen molar-refractivity contribution in [3.05, 3.63) is 24.3 Å². The van der Waals surface area contributed by atoms with Crippen molar-refractivity contribution in [2.45, 2.75) is 24.7 Å². The lowest BCUT2D eigenvalue weighted by Gasteiger charge is -2.26. The lowest BCUT2D eigenvalue weighted by Crippen LogP contribution is -3.14. The van der Waals surface area contributed by atoms with Gasteiger partial charge in [0.1, 0.15) is 0 Å². The lowest BCUT2D eigenvalue weighted by molar-refractivity contribution is -0.897. The molecule has 0 unspecified atom stereocenters. The summed E-state index contributed by atoms with van der Waals surface area (Å²) in [6, 6.07) is 7.97. The Morgan fingerprint density at radius 2 is 2.05 bits per heavy atom. The van der Waals surface area contributed by atoms with Crippen LogP contribution in [0.1, 0.15) is 19.8 Å². The second kappa shape index (κ2) is 6.96. The minimum atomic E-state index is 0.131. The molecule has 1 aromatic carbocycles. The molecule has 1 fully saturated rings. The van der Waals surface area contributed by atoms with Crippen molar-refractivity contribution in [2.75, 3.05) is 31.2 Å². The third-order valence-corrected chi connectivity index (χ3v) is 4.57. The van der Waals surface area contributed by atoms with Gasteiger partial charge in [-0.1, -0.05) is 19.1 Å². The van der Waals surface area contributed by atoms with E-state index in [2.05, 4.69) is 12.2 Å². The van der Waals surface area contributed by atoms with Crippen LogP contribution in [0.5, 0.6) is 0 Å². The fourth-order valence-corrected chi connectivity index (χ4v) is 3.07. The summed E-state index contributed by atoms with van der Waals surface area (Å²) in [5.74, 6) is 0.954. The molecule has 0 aromatic heterocycles. The molecule has 0 saturated carbocycles. The van der Waals surface area contributed by atoms with Crippen LogP contribution in [0.4, 0.5) is 5.69 Å².